The third-order valence-corrected chi connectivity index (χ3v) is 3.55. The molecule has 0 spiro atoms. The van der Waals surface area contributed by atoms with Gasteiger partial charge in [0.1, 0.15) is 0 Å². The number of ether oxygens (including phenoxy) is 1. The van der Waals surface area contributed by atoms with E-state index in [-0.39, 0.29) is 11.5 Å². The molecule has 0 aliphatic heterocycles. The van der Waals surface area contributed by atoms with Crippen molar-refractivity contribution in [3.8, 4) is 11.1 Å². The van der Waals surface area contributed by atoms with Crippen LogP contribution >= 0.6 is 0 Å². The summed E-state index contributed by atoms with van der Waals surface area (Å²) >= 11 is 0. The molecule has 0 unspecified atom stereocenters. The van der Waals surface area contributed by atoms with Crippen molar-refractivity contribution in [2.24, 2.45) is 0 Å². The first kappa shape index (κ1) is 16.0. The van der Waals surface area contributed by atoms with Crippen LogP contribution in [0.1, 0.15) is 41.9 Å². The maximum absolute atomic E-state index is 12.5. The van der Waals surface area contributed by atoms with Gasteiger partial charge < -0.3 is 9.72 Å². The van der Waals surface area contributed by atoms with Crippen molar-refractivity contribution in [3.63, 3.8) is 0 Å². The van der Waals surface area contributed by atoms with Gasteiger partial charge in [-0.3, -0.25) is 4.79 Å². The highest BCUT2D eigenvalue weighted by Crippen LogP contribution is 2.26. The van der Waals surface area contributed by atoms with Crippen LogP contribution in [-0.2, 0) is 11.2 Å². The highest BCUT2D eigenvalue weighted by Gasteiger charge is 2.22. The zero-order valence-electron chi connectivity index (χ0n) is 13.2. The van der Waals surface area contributed by atoms with Crippen LogP contribution in [0.2, 0.25) is 0 Å². The minimum absolute atomic E-state index is 0.166. The Kier molecular flexibility index (Phi) is 5.15. The Morgan fingerprint density at radius 2 is 1.86 bits per heavy atom. The average Bonchev–Trinajstić information content (AvgIpc) is 2.48. The number of hydrogen-bond donors (Lipinski definition) is 1. The van der Waals surface area contributed by atoms with Crippen molar-refractivity contribution in [1.29, 1.82) is 0 Å². The summed E-state index contributed by atoms with van der Waals surface area (Å²) in [4.78, 5) is 27.6. The van der Waals surface area contributed by atoms with Crippen LogP contribution in [0, 0.1) is 6.92 Å². The van der Waals surface area contributed by atoms with E-state index >= 15 is 0 Å². The van der Waals surface area contributed by atoms with Crippen molar-refractivity contribution in [1.82, 2.24) is 4.98 Å². The third-order valence-electron chi connectivity index (χ3n) is 3.55. The Hall–Kier alpha value is -2.36. The van der Waals surface area contributed by atoms with E-state index in [0.717, 1.165) is 17.5 Å². The number of esters is 1. The van der Waals surface area contributed by atoms with E-state index < -0.39 is 0 Å². The largest absolute Gasteiger partial charge is 0.462 e. The van der Waals surface area contributed by atoms with Gasteiger partial charge in [0, 0.05) is 5.69 Å². The van der Waals surface area contributed by atoms with Gasteiger partial charge in [-0.05, 0) is 31.4 Å². The van der Waals surface area contributed by atoms with Crippen LogP contribution < -0.4 is 5.56 Å². The number of pyridine rings is 1. The number of aromatic amines is 1. The molecule has 0 saturated heterocycles. The molecule has 0 bridgehead atoms. The van der Waals surface area contributed by atoms with E-state index in [0.29, 0.717) is 29.8 Å². The molecule has 0 saturated carbocycles. The number of nitrogens with one attached hydrogen (secondary N) is 1. The van der Waals surface area contributed by atoms with Crippen LogP contribution in [0.4, 0.5) is 0 Å². The maximum Gasteiger partial charge on any atom is 0.340 e. The topological polar surface area (TPSA) is 59.2 Å². The molecule has 4 heteroatoms. The summed E-state index contributed by atoms with van der Waals surface area (Å²) in [5.41, 5.74) is 3.04. The number of aryl methyl sites for hydroxylation is 1. The van der Waals surface area contributed by atoms with Crippen LogP contribution in [0.5, 0.6) is 0 Å². The minimum Gasteiger partial charge on any atom is -0.462 e. The maximum atomic E-state index is 12.5. The summed E-state index contributed by atoms with van der Waals surface area (Å²) in [6, 6.07) is 9.43. The fourth-order valence-electron chi connectivity index (χ4n) is 2.67. The van der Waals surface area contributed by atoms with Crippen LogP contribution in [0.15, 0.2) is 35.1 Å². The summed E-state index contributed by atoms with van der Waals surface area (Å²) in [5.74, 6) is -0.378. The summed E-state index contributed by atoms with van der Waals surface area (Å²) in [6.45, 7) is 5.85. The lowest BCUT2D eigenvalue weighted by Gasteiger charge is -2.15. The molecule has 0 fully saturated rings. The molecule has 22 heavy (non-hydrogen) atoms. The molecule has 0 aliphatic carbocycles. The smallest absolute Gasteiger partial charge is 0.340 e. The van der Waals surface area contributed by atoms with Gasteiger partial charge in [0.05, 0.1) is 17.7 Å². The van der Waals surface area contributed by atoms with Gasteiger partial charge in [-0.1, -0.05) is 43.7 Å². The summed E-state index contributed by atoms with van der Waals surface area (Å²) < 4.78 is 5.17. The predicted octanol–water partition coefficient (Wildman–Crippen LogP) is 3.48. The highest BCUT2D eigenvalue weighted by molar-refractivity contribution is 5.94. The number of H-pyrrole nitrogens is 1. The lowest BCUT2D eigenvalue weighted by molar-refractivity contribution is 0.0523. The van der Waals surface area contributed by atoms with Crippen molar-refractivity contribution in [2.75, 3.05) is 6.61 Å². The number of hydrogen-bond acceptors (Lipinski definition) is 3. The van der Waals surface area contributed by atoms with E-state index in [1.54, 1.807) is 13.8 Å². The molecule has 2 rings (SSSR count). The van der Waals surface area contributed by atoms with Crippen LogP contribution in [0.3, 0.4) is 0 Å². The molecule has 0 atom stereocenters. The van der Waals surface area contributed by atoms with Crippen molar-refractivity contribution in [3.05, 3.63) is 57.5 Å². The zero-order chi connectivity index (χ0) is 16.1. The van der Waals surface area contributed by atoms with Crippen LogP contribution in [-0.4, -0.2) is 17.6 Å². The second-order valence-electron chi connectivity index (χ2n) is 5.14. The first-order valence-electron chi connectivity index (χ1n) is 7.58. The molecule has 0 radical (unpaired) electrons. The van der Waals surface area contributed by atoms with Gasteiger partial charge in [-0.15, -0.1) is 0 Å². The average molecular weight is 299 g/mol. The Labute approximate surface area is 130 Å². The van der Waals surface area contributed by atoms with E-state index in [1.807, 2.05) is 37.3 Å². The van der Waals surface area contributed by atoms with Gasteiger partial charge in [0.15, 0.2) is 0 Å². The molecular formula is C18H21NO3. The lowest BCUT2D eigenvalue weighted by Crippen LogP contribution is -2.21. The number of carbonyl (C=O) groups is 1. The first-order valence-corrected chi connectivity index (χ1v) is 7.58. The quantitative estimate of drug-likeness (QED) is 0.860. The van der Waals surface area contributed by atoms with E-state index in [4.69, 9.17) is 4.74 Å². The molecular weight excluding hydrogens is 278 g/mol. The second-order valence-corrected chi connectivity index (χ2v) is 5.14. The third kappa shape index (κ3) is 3.11. The lowest BCUT2D eigenvalue weighted by atomic mass is 9.93. The Morgan fingerprint density at radius 3 is 2.45 bits per heavy atom. The number of benzene rings is 1. The van der Waals surface area contributed by atoms with Gasteiger partial charge in [-0.25, -0.2) is 4.79 Å². The summed E-state index contributed by atoms with van der Waals surface area (Å²) in [5, 5.41) is 0. The molecule has 1 heterocycles. The van der Waals surface area contributed by atoms with E-state index in [2.05, 4.69) is 4.98 Å². The predicted molar refractivity (Wildman–Crippen MR) is 87.2 cm³/mol. The van der Waals surface area contributed by atoms with Gasteiger partial charge in [0.25, 0.3) is 5.56 Å². The van der Waals surface area contributed by atoms with Crippen molar-refractivity contribution < 1.29 is 9.53 Å². The van der Waals surface area contributed by atoms with Crippen LogP contribution in [0.25, 0.3) is 11.1 Å². The molecule has 116 valence electrons. The fourth-order valence-corrected chi connectivity index (χ4v) is 2.67. The molecule has 1 aromatic carbocycles. The van der Waals surface area contributed by atoms with Gasteiger partial charge in [0.2, 0.25) is 0 Å². The van der Waals surface area contributed by atoms with Crippen molar-refractivity contribution >= 4 is 5.97 Å². The Balaban J connectivity index is 2.75. The van der Waals surface area contributed by atoms with Gasteiger partial charge >= 0.3 is 5.97 Å². The standard InChI is InChI=1S/C18H21NO3/c1-4-9-14-15(18(21)22-5-2)12(3)19-17(20)16(14)13-10-7-6-8-11-13/h6-8,10-11H,4-5,9H2,1-3H3,(H,19,20). The molecule has 1 N–H and O–H groups in total. The van der Waals surface area contributed by atoms with Crippen molar-refractivity contribution in [2.45, 2.75) is 33.6 Å². The summed E-state index contributed by atoms with van der Waals surface area (Å²) in [7, 11) is 0. The Morgan fingerprint density at radius 1 is 1.18 bits per heavy atom. The summed E-state index contributed by atoms with van der Waals surface area (Å²) in [6.07, 6.45) is 1.50. The monoisotopic (exact) mass is 299 g/mol. The number of rotatable bonds is 5. The normalized spacial score (nSPS) is 10.5. The zero-order valence-corrected chi connectivity index (χ0v) is 13.2. The molecule has 4 nitrogen and oxygen atoms in total. The highest BCUT2D eigenvalue weighted by atomic mass is 16.5. The second kappa shape index (κ2) is 7.07. The van der Waals surface area contributed by atoms with Gasteiger partial charge in [-0.2, -0.15) is 0 Å². The minimum atomic E-state index is -0.378. The first-order chi connectivity index (χ1) is 10.6. The number of aromatic nitrogens is 1. The molecule has 0 amide bonds. The SMILES string of the molecule is CCCc1c(C(=O)OCC)c(C)[nH]c(=O)c1-c1ccccc1. The van der Waals surface area contributed by atoms with E-state index in [1.165, 1.54) is 0 Å². The molecule has 2 aromatic rings. The fraction of sp³-hybridized carbons (Fsp3) is 0.333. The van der Waals surface area contributed by atoms with E-state index in [9.17, 15) is 9.59 Å². The number of carbonyl (C=O) groups excluding carboxylic acids is 1. The molecule has 1 aromatic heterocycles. The molecule has 0 aliphatic rings. The Bertz CT molecular complexity index is 717.